The van der Waals surface area contributed by atoms with E-state index in [1.165, 1.54) is 6.08 Å². The summed E-state index contributed by atoms with van der Waals surface area (Å²) in [5, 5.41) is 0.196. The summed E-state index contributed by atoms with van der Waals surface area (Å²) >= 11 is 0. The van der Waals surface area contributed by atoms with Gasteiger partial charge in [0.2, 0.25) is 0 Å². The second kappa shape index (κ2) is 4.71. The topological polar surface area (TPSA) is 35.5 Å². The molecule has 1 rings (SSSR count). The molecule has 0 radical (unpaired) electrons. The lowest BCUT2D eigenvalue weighted by molar-refractivity contribution is -0.145. The van der Waals surface area contributed by atoms with E-state index in [1.54, 1.807) is 0 Å². The molecule has 92 valence electrons. The fourth-order valence-corrected chi connectivity index (χ4v) is 2.22. The first-order valence-corrected chi connectivity index (χ1v) is 8.64. The molecule has 1 heterocycles. The molecule has 1 aliphatic rings. The van der Waals surface area contributed by atoms with Crippen molar-refractivity contribution in [3.8, 4) is 0 Å². The van der Waals surface area contributed by atoms with Crippen LogP contribution in [0.2, 0.25) is 18.1 Å². The molecule has 0 fully saturated rings. The first kappa shape index (κ1) is 13.5. The van der Waals surface area contributed by atoms with E-state index in [9.17, 15) is 4.79 Å². The number of hydrogen-bond donors (Lipinski definition) is 0. The average molecular weight is 242 g/mol. The van der Waals surface area contributed by atoms with Crippen molar-refractivity contribution in [1.29, 1.82) is 0 Å². The van der Waals surface area contributed by atoms with Gasteiger partial charge in [-0.05, 0) is 18.1 Å². The zero-order chi connectivity index (χ0) is 12.4. The molecule has 0 amide bonds. The van der Waals surface area contributed by atoms with E-state index in [-0.39, 0.29) is 17.1 Å². The molecule has 0 saturated heterocycles. The molecule has 0 saturated carbocycles. The summed E-state index contributed by atoms with van der Waals surface area (Å²) in [4.78, 5) is 11.0. The normalized spacial score (nSPS) is 22.1. The van der Waals surface area contributed by atoms with Crippen molar-refractivity contribution in [2.75, 3.05) is 6.61 Å². The molecule has 3 nitrogen and oxygen atoms in total. The lowest BCUT2D eigenvalue weighted by Crippen LogP contribution is -2.43. The number of carbonyl (C=O) groups is 1. The molecule has 0 aromatic heterocycles. The Morgan fingerprint density at radius 3 is 2.62 bits per heavy atom. The third kappa shape index (κ3) is 3.45. The zero-order valence-corrected chi connectivity index (χ0v) is 11.9. The second-order valence-corrected chi connectivity index (χ2v) is 10.6. The fraction of sp³-hybridized carbons (Fsp3) is 0.750. The van der Waals surface area contributed by atoms with E-state index in [4.69, 9.17) is 9.16 Å². The van der Waals surface area contributed by atoms with Crippen molar-refractivity contribution in [3.63, 3.8) is 0 Å². The second-order valence-electron chi connectivity index (χ2n) is 5.77. The van der Waals surface area contributed by atoms with Gasteiger partial charge in [-0.2, -0.15) is 0 Å². The van der Waals surface area contributed by atoms with Gasteiger partial charge < -0.3 is 9.16 Å². The minimum Gasteiger partial charge on any atom is -0.456 e. The molecule has 0 aliphatic carbocycles. The average Bonchev–Trinajstić information content (AvgIpc) is 2.13. The van der Waals surface area contributed by atoms with Gasteiger partial charge >= 0.3 is 5.97 Å². The zero-order valence-electron chi connectivity index (χ0n) is 10.9. The van der Waals surface area contributed by atoms with Crippen LogP contribution in [-0.2, 0) is 14.0 Å². The molecule has 16 heavy (non-hydrogen) atoms. The third-order valence-electron chi connectivity index (χ3n) is 3.37. The molecule has 0 aromatic carbocycles. The maximum absolute atomic E-state index is 11.0. The van der Waals surface area contributed by atoms with Crippen LogP contribution < -0.4 is 0 Å². The Bertz CT molecular complexity index is 289. The van der Waals surface area contributed by atoms with Gasteiger partial charge in [0, 0.05) is 12.5 Å². The minimum absolute atomic E-state index is 0.105. The van der Waals surface area contributed by atoms with E-state index in [0.29, 0.717) is 6.61 Å². The number of ether oxygens (including phenoxy) is 1. The standard InChI is InChI=1S/C12H22O3Si/c1-12(2,3)16(4,5)14-9-10-7-6-8-11(13)15-10/h6,8,10H,7,9H2,1-5H3. The molecular weight excluding hydrogens is 220 g/mol. The van der Waals surface area contributed by atoms with Crippen LogP contribution in [0.1, 0.15) is 27.2 Å². The van der Waals surface area contributed by atoms with E-state index >= 15 is 0 Å². The van der Waals surface area contributed by atoms with E-state index in [0.717, 1.165) is 6.42 Å². The molecule has 4 heteroatoms. The first-order chi connectivity index (χ1) is 7.22. The molecule has 1 atom stereocenters. The summed E-state index contributed by atoms with van der Waals surface area (Å²) < 4.78 is 11.2. The van der Waals surface area contributed by atoms with Gasteiger partial charge in [0.25, 0.3) is 0 Å². The summed E-state index contributed by atoms with van der Waals surface area (Å²) in [6.45, 7) is 11.5. The number of cyclic esters (lactones) is 1. The molecule has 0 N–H and O–H groups in total. The van der Waals surface area contributed by atoms with Crippen molar-refractivity contribution in [2.24, 2.45) is 0 Å². The van der Waals surface area contributed by atoms with Crippen LogP contribution in [0.5, 0.6) is 0 Å². The van der Waals surface area contributed by atoms with Crippen LogP contribution in [0.4, 0.5) is 0 Å². The van der Waals surface area contributed by atoms with Crippen molar-refractivity contribution in [2.45, 2.75) is 51.4 Å². The lowest BCUT2D eigenvalue weighted by Gasteiger charge is -2.37. The van der Waals surface area contributed by atoms with Crippen molar-refractivity contribution >= 4 is 14.3 Å². The molecule has 0 bridgehead atoms. The highest BCUT2D eigenvalue weighted by Crippen LogP contribution is 2.36. The van der Waals surface area contributed by atoms with E-state index in [2.05, 4.69) is 33.9 Å². The molecular formula is C12H22O3Si. The van der Waals surface area contributed by atoms with Crippen LogP contribution in [0.15, 0.2) is 12.2 Å². The van der Waals surface area contributed by atoms with Crippen molar-refractivity contribution in [3.05, 3.63) is 12.2 Å². The third-order valence-corrected chi connectivity index (χ3v) is 7.87. The number of carbonyl (C=O) groups excluding carboxylic acids is 1. The lowest BCUT2D eigenvalue weighted by atomic mass is 10.2. The molecule has 0 aromatic rings. The summed E-state index contributed by atoms with van der Waals surface area (Å²) in [7, 11) is -1.73. The van der Waals surface area contributed by atoms with Crippen molar-refractivity contribution < 1.29 is 14.0 Å². The first-order valence-electron chi connectivity index (χ1n) is 5.73. The van der Waals surface area contributed by atoms with E-state index in [1.807, 2.05) is 6.08 Å². The highest BCUT2D eigenvalue weighted by Gasteiger charge is 2.37. The monoisotopic (exact) mass is 242 g/mol. The maximum atomic E-state index is 11.0. The number of hydrogen-bond acceptors (Lipinski definition) is 3. The Labute approximate surface area is 99.0 Å². The van der Waals surface area contributed by atoms with Crippen LogP contribution in [-0.4, -0.2) is 27.0 Å². The highest BCUT2D eigenvalue weighted by atomic mass is 28.4. The predicted molar refractivity (Wildman–Crippen MR) is 66.8 cm³/mol. The highest BCUT2D eigenvalue weighted by molar-refractivity contribution is 6.74. The largest absolute Gasteiger partial charge is 0.456 e. The summed E-state index contributed by atoms with van der Waals surface area (Å²) in [6.07, 6.45) is 3.99. The smallest absolute Gasteiger partial charge is 0.330 e. The Balaban J connectivity index is 2.46. The van der Waals surface area contributed by atoms with Crippen LogP contribution in [0.3, 0.4) is 0 Å². The molecule has 0 spiro atoms. The van der Waals surface area contributed by atoms with Gasteiger partial charge in [-0.15, -0.1) is 0 Å². The summed E-state index contributed by atoms with van der Waals surface area (Å²) in [6, 6.07) is 0. The quantitative estimate of drug-likeness (QED) is 0.564. The number of rotatable bonds is 3. The van der Waals surface area contributed by atoms with Gasteiger partial charge in [-0.25, -0.2) is 4.79 Å². The summed E-state index contributed by atoms with van der Waals surface area (Å²) in [5.41, 5.74) is 0. The van der Waals surface area contributed by atoms with Crippen LogP contribution in [0, 0.1) is 0 Å². The molecule has 1 aliphatic heterocycles. The van der Waals surface area contributed by atoms with Gasteiger partial charge in [0.1, 0.15) is 6.10 Å². The van der Waals surface area contributed by atoms with E-state index < -0.39 is 8.32 Å². The Morgan fingerprint density at radius 2 is 2.12 bits per heavy atom. The Hall–Kier alpha value is -0.613. The fourth-order valence-electron chi connectivity index (χ4n) is 1.19. The van der Waals surface area contributed by atoms with Crippen LogP contribution in [0.25, 0.3) is 0 Å². The van der Waals surface area contributed by atoms with Gasteiger partial charge in [0.15, 0.2) is 8.32 Å². The maximum Gasteiger partial charge on any atom is 0.330 e. The van der Waals surface area contributed by atoms with Gasteiger partial charge in [-0.3, -0.25) is 0 Å². The summed E-state index contributed by atoms with van der Waals surface area (Å²) in [5.74, 6) is -0.255. The predicted octanol–water partition coefficient (Wildman–Crippen LogP) is 2.88. The Kier molecular flexibility index (Phi) is 3.96. The van der Waals surface area contributed by atoms with Gasteiger partial charge in [0.05, 0.1) is 6.61 Å². The van der Waals surface area contributed by atoms with Crippen LogP contribution >= 0.6 is 0 Å². The molecule has 1 unspecified atom stereocenters. The minimum atomic E-state index is -1.73. The van der Waals surface area contributed by atoms with Crippen molar-refractivity contribution in [1.82, 2.24) is 0 Å². The SMILES string of the molecule is CC(C)(C)[Si](C)(C)OCC1CC=CC(=O)O1. The Morgan fingerprint density at radius 1 is 1.50 bits per heavy atom. The van der Waals surface area contributed by atoms with Gasteiger partial charge in [-0.1, -0.05) is 26.8 Å². The number of esters is 1.